The van der Waals surface area contributed by atoms with Gasteiger partial charge in [-0.05, 0) is 35.7 Å². The molecule has 1 nitrogen and oxygen atoms in total. The standard InChI is InChI=1S/C16H12F3N/c1-2-11-3-5-12(6-4-11)15-9-14(16(17,18)19)8-7-13(15)10-20/h3-9H,2H2,1H3. The third-order valence-electron chi connectivity index (χ3n) is 3.14. The van der Waals surface area contributed by atoms with Crippen molar-refractivity contribution in [2.45, 2.75) is 19.5 Å². The summed E-state index contributed by atoms with van der Waals surface area (Å²) in [5.74, 6) is 0. The Morgan fingerprint density at radius 3 is 2.20 bits per heavy atom. The van der Waals surface area contributed by atoms with E-state index in [1.807, 2.05) is 25.1 Å². The highest BCUT2D eigenvalue weighted by Crippen LogP contribution is 2.34. The molecule has 0 aliphatic heterocycles. The van der Waals surface area contributed by atoms with E-state index >= 15 is 0 Å². The molecular weight excluding hydrogens is 263 g/mol. The summed E-state index contributed by atoms with van der Waals surface area (Å²) < 4.78 is 38.3. The first kappa shape index (κ1) is 14.1. The lowest BCUT2D eigenvalue weighted by atomic mass is 9.96. The summed E-state index contributed by atoms with van der Waals surface area (Å²) in [6.07, 6.45) is -3.56. The average molecular weight is 275 g/mol. The topological polar surface area (TPSA) is 23.8 Å². The number of halogens is 3. The van der Waals surface area contributed by atoms with Crippen LogP contribution in [0.25, 0.3) is 11.1 Å². The fourth-order valence-electron chi connectivity index (χ4n) is 1.98. The monoisotopic (exact) mass is 275 g/mol. The molecule has 0 heterocycles. The molecule has 0 unspecified atom stereocenters. The van der Waals surface area contributed by atoms with Gasteiger partial charge in [-0.1, -0.05) is 31.2 Å². The molecule has 0 amide bonds. The molecule has 0 aromatic heterocycles. The Balaban J connectivity index is 2.55. The molecule has 0 saturated heterocycles. The number of benzene rings is 2. The maximum atomic E-state index is 12.8. The Kier molecular flexibility index (Phi) is 3.80. The minimum atomic E-state index is -4.41. The van der Waals surface area contributed by atoms with E-state index in [2.05, 4.69) is 0 Å². The van der Waals surface area contributed by atoms with Gasteiger partial charge in [0.2, 0.25) is 0 Å². The van der Waals surface area contributed by atoms with Crippen molar-refractivity contribution >= 4 is 0 Å². The van der Waals surface area contributed by atoms with E-state index in [0.717, 1.165) is 24.1 Å². The Morgan fingerprint density at radius 1 is 1.05 bits per heavy atom. The van der Waals surface area contributed by atoms with Gasteiger partial charge in [0.25, 0.3) is 0 Å². The van der Waals surface area contributed by atoms with Crippen molar-refractivity contribution in [3.05, 3.63) is 59.2 Å². The highest BCUT2D eigenvalue weighted by Gasteiger charge is 2.31. The van der Waals surface area contributed by atoms with E-state index in [9.17, 15) is 13.2 Å². The minimum Gasteiger partial charge on any atom is -0.192 e. The molecule has 2 aromatic rings. The van der Waals surface area contributed by atoms with Crippen molar-refractivity contribution in [2.24, 2.45) is 0 Å². The third-order valence-corrected chi connectivity index (χ3v) is 3.14. The van der Waals surface area contributed by atoms with E-state index in [1.54, 1.807) is 12.1 Å². The van der Waals surface area contributed by atoms with Crippen LogP contribution in [0.1, 0.15) is 23.6 Å². The first-order valence-corrected chi connectivity index (χ1v) is 6.16. The molecule has 0 aliphatic carbocycles. The summed E-state index contributed by atoms with van der Waals surface area (Å²) in [6, 6.07) is 12.3. The number of hydrogen-bond donors (Lipinski definition) is 0. The second-order valence-electron chi connectivity index (χ2n) is 4.42. The van der Waals surface area contributed by atoms with Crippen LogP contribution in [0.15, 0.2) is 42.5 Å². The Morgan fingerprint density at radius 2 is 1.70 bits per heavy atom. The quantitative estimate of drug-likeness (QED) is 0.771. The summed E-state index contributed by atoms with van der Waals surface area (Å²) in [7, 11) is 0. The fraction of sp³-hybridized carbons (Fsp3) is 0.188. The van der Waals surface area contributed by atoms with E-state index < -0.39 is 11.7 Å². The molecule has 0 saturated carbocycles. The molecule has 20 heavy (non-hydrogen) atoms. The van der Waals surface area contributed by atoms with Gasteiger partial charge in [-0.15, -0.1) is 0 Å². The molecule has 0 N–H and O–H groups in total. The second-order valence-corrected chi connectivity index (χ2v) is 4.42. The van der Waals surface area contributed by atoms with Gasteiger partial charge in [0.1, 0.15) is 0 Å². The zero-order valence-corrected chi connectivity index (χ0v) is 10.8. The van der Waals surface area contributed by atoms with Crippen LogP contribution in [0, 0.1) is 11.3 Å². The maximum absolute atomic E-state index is 12.8. The van der Waals surface area contributed by atoms with Gasteiger partial charge < -0.3 is 0 Å². The highest BCUT2D eigenvalue weighted by molar-refractivity contribution is 5.71. The molecule has 2 rings (SSSR count). The number of rotatable bonds is 2. The van der Waals surface area contributed by atoms with Crippen molar-refractivity contribution in [3.63, 3.8) is 0 Å². The van der Waals surface area contributed by atoms with E-state index in [0.29, 0.717) is 11.1 Å². The summed E-state index contributed by atoms with van der Waals surface area (Å²) >= 11 is 0. The van der Waals surface area contributed by atoms with Gasteiger partial charge in [-0.25, -0.2) is 0 Å². The van der Waals surface area contributed by atoms with Crippen molar-refractivity contribution in [1.82, 2.24) is 0 Å². The number of nitrogens with zero attached hydrogens (tertiary/aromatic N) is 1. The van der Waals surface area contributed by atoms with Crippen LogP contribution in [-0.4, -0.2) is 0 Å². The summed E-state index contributed by atoms with van der Waals surface area (Å²) in [5.41, 5.74) is 1.52. The van der Waals surface area contributed by atoms with Crippen molar-refractivity contribution in [3.8, 4) is 17.2 Å². The molecule has 2 aromatic carbocycles. The summed E-state index contributed by atoms with van der Waals surface area (Å²) in [5, 5.41) is 9.04. The van der Waals surface area contributed by atoms with Gasteiger partial charge in [0, 0.05) is 5.56 Å². The zero-order valence-electron chi connectivity index (χ0n) is 10.8. The van der Waals surface area contributed by atoms with Crippen LogP contribution in [0.5, 0.6) is 0 Å². The van der Waals surface area contributed by atoms with Crippen molar-refractivity contribution < 1.29 is 13.2 Å². The van der Waals surface area contributed by atoms with Crippen LogP contribution < -0.4 is 0 Å². The van der Waals surface area contributed by atoms with Crippen LogP contribution in [0.3, 0.4) is 0 Å². The summed E-state index contributed by atoms with van der Waals surface area (Å²) in [6.45, 7) is 2.00. The molecule has 102 valence electrons. The van der Waals surface area contributed by atoms with Crippen LogP contribution >= 0.6 is 0 Å². The smallest absolute Gasteiger partial charge is 0.192 e. The molecule has 0 fully saturated rings. The highest BCUT2D eigenvalue weighted by atomic mass is 19.4. The predicted molar refractivity (Wildman–Crippen MR) is 71.0 cm³/mol. The second kappa shape index (κ2) is 5.38. The third kappa shape index (κ3) is 2.83. The largest absolute Gasteiger partial charge is 0.416 e. The lowest BCUT2D eigenvalue weighted by Gasteiger charge is -2.11. The molecule has 0 radical (unpaired) electrons. The number of hydrogen-bond acceptors (Lipinski definition) is 1. The zero-order chi connectivity index (χ0) is 14.8. The summed E-state index contributed by atoms with van der Waals surface area (Å²) in [4.78, 5) is 0. The maximum Gasteiger partial charge on any atom is 0.416 e. The van der Waals surface area contributed by atoms with Crippen LogP contribution in [0.4, 0.5) is 13.2 Å². The molecular formula is C16H12F3N. The van der Waals surface area contributed by atoms with Crippen LogP contribution in [-0.2, 0) is 12.6 Å². The normalized spacial score (nSPS) is 11.2. The lowest BCUT2D eigenvalue weighted by Crippen LogP contribution is -2.05. The number of aryl methyl sites for hydroxylation is 1. The fourth-order valence-corrected chi connectivity index (χ4v) is 1.98. The minimum absolute atomic E-state index is 0.238. The van der Waals surface area contributed by atoms with Gasteiger partial charge in [-0.2, -0.15) is 18.4 Å². The first-order chi connectivity index (χ1) is 9.45. The van der Waals surface area contributed by atoms with Crippen LogP contribution in [0.2, 0.25) is 0 Å². The van der Waals surface area contributed by atoms with Crippen molar-refractivity contribution in [1.29, 1.82) is 5.26 Å². The van der Waals surface area contributed by atoms with Gasteiger partial charge >= 0.3 is 6.18 Å². The van der Waals surface area contributed by atoms with E-state index in [4.69, 9.17) is 5.26 Å². The molecule has 0 spiro atoms. The van der Waals surface area contributed by atoms with Gasteiger partial charge in [0.05, 0.1) is 17.2 Å². The SMILES string of the molecule is CCc1ccc(-c2cc(C(F)(F)F)ccc2C#N)cc1. The molecule has 0 bridgehead atoms. The van der Waals surface area contributed by atoms with Gasteiger partial charge in [0.15, 0.2) is 0 Å². The number of nitriles is 1. The molecule has 0 atom stereocenters. The Bertz CT molecular complexity index is 649. The van der Waals surface area contributed by atoms with Gasteiger partial charge in [-0.3, -0.25) is 0 Å². The Labute approximate surface area is 115 Å². The lowest BCUT2D eigenvalue weighted by molar-refractivity contribution is -0.137. The van der Waals surface area contributed by atoms with E-state index in [1.165, 1.54) is 6.07 Å². The average Bonchev–Trinajstić information content (AvgIpc) is 2.45. The molecule has 4 heteroatoms. The first-order valence-electron chi connectivity index (χ1n) is 6.16. The molecule has 0 aliphatic rings. The van der Waals surface area contributed by atoms with Crippen molar-refractivity contribution in [2.75, 3.05) is 0 Å². The Hall–Kier alpha value is -2.28. The van der Waals surface area contributed by atoms with E-state index in [-0.39, 0.29) is 5.56 Å². The predicted octanol–water partition coefficient (Wildman–Crippen LogP) is 4.81. The number of alkyl halides is 3.